The first-order valence-electron chi connectivity index (χ1n) is 3.51. The predicted octanol–water partition coefficient (Wildman–Crippen LogP) is 1.81. The van der Waals surface area contributed by atoms with Crippen molar-refractivity contribution in [2.24, 2.45) is 5.73 Å². The first-order valence-corrected chi connectivity index (χ1v) is 3.51. The number of nitrogens with two attached hydrogens (primary N) is 1. The fourth-order valence-electron chi connectivity index (χ4n) is 0.701. The van der Waals surface area contributed by atoms with Crippen LogP contribution in [-0.4, -0.2) is 4.98 Å². The summed E-state index contributed by atoms with van der Waals surface area (Å²) in [6, 6.07) is -0.457. The molecule has 1 aromatic heterocycles. The maximum absolute atomic E-state index is 12.6. The van der Waals surface area contributed by atoms with Gasteiger partial charge in [-0.2, -0.15) is 8.78 Å². The monoisotopic (exact) mass is 176 g/mol. The summed E-state index contributed by atoms with van der Waals surface area (Å²) in [5, 5.41) is 0. The van der Waals surface area contributed by atoms with Gasteiger partial charge in [-0.3, -0.25) is 0 Å². The molecule has 1 atom stereocenters. The highest BCUT2D eigenvalue weighted by atomic mass is 19.3. The smallest absolute Gasteiger partial charge is 0.303 e. The van der Waals surface area contributed by atoms with Gasteiger partial charge in [0.2, 0.25) is 5.89 Å². The van der Waals surface area contributed by atoms with E-state index in [4.69, 9.17) is 10.2 Å². The van der Waals surface area contributed by atoms with Crippen LogP contribution in [-0.2, 0) is 5.92 Å². The van der Waals surface area contributed by atoms with Gasteiger partial charge in [0.25, 0.3) is 0 Å². The molecule has 5 heteroatoms. The molecule has 0 saturated carbocycles. The van der Waals surface area contributed by atoms with Gasteiger partial charge >= 0.3 is 5.92 Å². The van der Waals surface area contributed by atoms with E-state index in [1.165, 1.54) is 0 Å². The molecule has 1 rings (SSSR count). The second-order valence-corrected chi connectivity index (χ2v) is 2.74. The summed E-state index contributed by atoms with van der Waals surface area (Å²) in [4.78, 5) is 3.61. The van der Waals surface area contributed by atoms with Crippen LogP contribution < -0.4 is 5.73 Å². The molecule has 1 heterocycles. The zero-order valence-electron chi connectivity index (χ0n) is 6.84. The SMILES string of the molecule is CC(N)c1ncc(C(C)(F)F)o1. The molecule has 0 aliphatic rings. The fourth-order valence-corrected chi connectivity index (χ4v) is 0.701. The first-order chi connectivity index (χ1) is 5.41. The van der Waals surface area contributed by atoms with E-state index in [1.54, 1.807) is 6.92 Å². The average Bonchev–Trinajstić information content (AvgIpc) is 2.30. The zero-order valence-corrected chi connectivity index (χ0v) is 6.84. The highest BCUT2D eigenvalue weighted by Gasteiger charge is 2.29. The lowest BCUT2D eigenvalue weighted by Gasteiger charge is -2.04. The molecule has 0 aliphatic carbocycles. The highest BCUT2D eigenvalue weighted by Crippen LogP contribution is 2.28. The third kappa shape index (κ3) is 1.79. The van der Waals surface area contributed by atoms with Crippen LogP contribution >= 0.6 is 0 Å². The molecule has 0 spiro atoms. The van der Waals surface area contributed by atoms with E-state index in [0.29, 0.717) is 0 Å². The van der Waals surface area contributed by atoms with Crippen molar-refractivity contribution in [1.82, 2.24) is 4.98 Å². The Morgan fingerprint density at radius 2 is 2.25 bits per heavy atom. The van der Waals surface area contributed by atoms with Gasteiger partial charge < -0.3 is 10.2 Å². The lowest BCUT2D eigenvalue weighted by atomic mass is 10.3. The average molecular weight is 176 g/mol. The van der Waals surface area contributed by atoms with Gasteiger partial charge in [-0.05, 0) is 6.92 Å². The van der Waals surface area contributed by atoms with Crippen LogP contribution in [0.5, 0.6) is 0 Å². The summed E-state index contributed by atoms with van der Waals surface area (Å²) >= 11 is 0. The van der Waals surface area contributed by atoms with Gasteiger partial charge in [0.05, 0.1) is 12.2 Å². The topological polar surface area (TPSA) is 52.0 Å². The van der Waals surface area contributed by atoms with Crippen molar-refractivity contribution in [3.63, 3.8) is 0 Å². The number of nitrogens with zero attached hydrogens (tertiary/aromatic N) is 1. The minimum atomic E-state index is -2.99. The Hall–Kier alpha value is -0.970. The van der Waals surface area contributed by atoms with E-state index in [-0.39, 0.29) is 5.89 Å². The first kappa shape index (κ1) is 9.12. The molecule has 68 valence electrons. The standard InChI is InChI=1S/C7H10F2N2O/c1-4(10)6-11-3-5(12-6)7(2,8)9/h3-4H,10H2,1-2H3. The maximum atomic E-state index is 12.6. The van der Waals surface area contributed by atoms with Gasteiger partial charge in [0.15, 0.2) is 5.76 Å². The number of aromatic nitrogens is 1. The number of rotatable bonds is 2. The number of halogens is 2. The van der Waals surface area contributed by atoms with Crippen LogP contribution in [0.1, 0.15) is 31.5 Å². The minimum Gasteiger partial charge on any atom is -0.438 e. The number of oxazole rings is 1. The van der Waals surface area contributed by atoms with Crippen molar-refractivity contribution in [1.29, 1.82) is 0 Å². The molecular formula is C7H10F2N2O. The summed E-state index contributed by atoms with van der Waals surface area (Å²) in [6.07, 6.45) is 0.999. The lowest BCUT2D eigenvalue weighted by Crippen LogP contribution is -2.06. The second-order valence-electron chi connectivity index (χ2n) is 2.74. The predicted molar refractivity (Wildman–Crippen MR) is 38.7 cm³/mol. The molecule has 12 heavy (non-hydrogen) atoms. The molecule has 0 bridgehead atoms. The Balaban J connectivity index is 2.92. The lowest BCUT2D eigenvalue weighted by molar-refractivity contribution is -0.00649. The van der Waals surface area contributed by atoms with Crippen LogP contribution in [0.15, 0.2) is 10.6 Å². The van der Waals surface area contributed by atoms with Gasteiger partial charge in [-0.15, -0.1) is 0 Å². The molecule has 3 nitrogen and oxygen atoms in total. The maximum Gasteiger partial charge on any atom is 0.303 e. The summed E-state index contributed by atoms with van der Waals surface area (Å²) in [5.74, 6) is -3.30. The number of alkyl halides is 2. The van der Waals surface area contributed by atoms with Gasteiger partial charge in [-0.1, -0.05) is 0 Å². The summed E-state index contributed by atoms with van der Waals surface area (Å²) in [7, 11) is 0. The highest BCUT2D eigenvalue weighted by molar-refractivity contribution is 5.02. The molecule has 1 aromatic rings. The van der Waals surface area contributed by atoms with Crippen molar-refractivity contribution in [3.8, 4) is 0 Å². The van der Waals surface area contributed by atoms with E-state index in [9.17, 15) is 8.78 Å². The molecular weight excluding hydrogens is 166 g/mol. The van der Waals surface area contributed by atoms with Crippen LogP contribution in [0.2, 0.25) is 0 Å². The Kier molecular flexibility index (Phi) is 2.14. The van der Waals surface area contributed by atoms with Crippen LogP contribution in [0, 0.1) is 0 Å². The Labute approximate surface area is 68.6 Å². The third-order valence-electron chi connectivity index (χ3n) is 1.35. The van der Waals surface area contributed by atoms with Crippen molar-refractivity contribution in [2.75, 3.05) is 0 Å². The third-order valence-corrected chi connectivity index (χ3v) is 1.35. The fraction of sp³-hybridized carbons (Fsp3) is 0.571. The molecule has 0 saturated heterocycles. The molecule has 1 unspecified atom stereocenters. The summed E-state index contributed by atoms with van der Waals surface area (Å²) < 4.78 is 29.8. The Morgan fingerprint density at radius 3 is 2.50 bits per heavy atom. The quantitative estimate of drug-likeness (QED) is 0.747. The van der Waals surface area contributed by atoms with E-state index in [0.717, 1.165) is 13.1 Å². The minimum absolute atomic E-state index is 0.131. The van der Waals surface area contributed by atoms with Gasteiger partial charge in [-0.25, -0.2) is 4.98 Å². The zero-order chi connectivity index (χ0) is 9.35. The largest absolute Gasteiger partial charge is 0.438 e. The molecule has 0 amide bonds. The summed E-state index contributed by atoms with van der Waals surface area (Å²) in [5.41, 5.74) is 5.37. The van der Waals surface area contributed by atoms with Gasteiger partial charge in [0, 0.05) is 6.92 Å². The van der Waals surface area contributed by atoms with Gasteiger partial charge in [0.1, 0.15) is 0 Å². The Bertz CT molecular complexity index is 265. The Morgan fingerprint density at radius 1 is 1.67 bits per heavy atom. The van der Waals surface area contributed by atoms with E-state index >= 15 is 0 Å². The van der Waals surface area contributed by atoms with E-state index < -0.39 is 17.7 Å². The molecule has 0 fully saturated rings. The van der Waals surface area contributed by atoms with E-state index in [2.05, 4.69) is 4.98 Å². The molecule has 0 radical (unpaired) electrons. The van der Waals surface area contributed by atoms with E-state index in [1.807, 2.05) is 0 Å². The van der Waals surface area contributed by atoms with Crippen molar-refractivity contribution in [3.05, 3.63) is 17.8 Å². The summed E-state index contributed by atoms with van der Waals surface area (Å²) in [6.45, 7) is 2.36. The normalized spacial score (nSPS) is 14.8. The van der Waals surface area contributed by atoms with Crippen LogP contribution in [0.25, 0.3) is 0 Å². The van der Waals surface area contributed by atoms with Crippen molar-refractivity contribution in [2.45, 2.75) is 25.8 Å². The number of hydrogen-bond donors (Lipinski definition) is 1. The van der Waals surface area contributed by atoms with Crippen LogP contribution in [0.4, 0.5) is 8.78 Å². The second kappa shape index (κ2) is 2.82. The van der Waals surface area contributed by atoms with Crippen molar-refractivity contribution < 1.29 is 13.2 Å². The molecule has 2 N–H and O–H groups in total. The van der Waals surface area contributed by atoms with Crippen molar-refractivity contribution >= 4 is 0 Å². The molecule has 0 aliphatic heterocycles. The number of hydrogen-bond acceptors (Lipinski definition) is 3. The van der Waals surface area contributed by atoms with Crippen LogP contribution in [0.3, 0.4) is 0 Å². The molecule has 0 aromatic carbocycles.